The molecule has 3 rings (SSSR count). The van der Waals surface area contributed by atoms with Gasteiger partial charge in [-0.2, -0.15) is 5.10 Å². The van der Waals surface area contributed by atoms with E-state index in [0.717, 1.165) is 35.4 Å². The van der Waals surface area contributed by atoms with Crippen molar-refractivity contribution in [1.82, 2.24) is 10.2 Å². The second-order valence-electron chi connectivity index (χ2n) is 6.59. The van der Waals surface area contributed by atoms with Gasteiger partial charge in [0.2, 0.25) is 5.91 Å². The van der Waals surface area contributed by atoms with Crippen molar-refractivity contribution in [3.8, 4) is 11.3 Å². The minimum Gasteiger partial charge on any atom is -0.369 e. The van der Waals surface area contributed by atoms with Crippen LogP contribution in [0.5, 0.6) is 0 Å². The molecule has 0 bridgehead atoms. The molecule has 22 heavy (non-hydrogen) atoms. The van der Waals surface area contributed by atoms with Crippen LogP contribution in [0.25, 0.3) is 11.3 Å². The Bertz CT molecular complexity index is 752. The Morgan fingerprint density at radius 3 is 2.73 bits per heavy atom. The highest BCUT2D eigenvalue weighted by molar-refractivity contribution is 6.42. The molecule has 0 spiro atoms. The molecule has 1 atom stereocenters. The van der Waals surface area contributed by atoms with Crippen molar-refractivity contribution in [3.05, 3.63) is 39.5 Å². The van der Waals surface area contributed by atoms with E-state index in [4.69, 9.17) is 28.9 Å². The van der Waals surface area contributed by atoms with Crippen LogP contribution in [0.15, 0.2) is 18.2 Å². The predicted octanol–water partition coefficient (Wildman–Crippen LogP) is 3.92. The highest BCUT2D eigenvalue weighted by atomic mass is 35.5. The first kappa shape index (κ1) is 15.4. The number of carbonyl (C=O) groups excluding carboxylic acids is 1. The third kappa shape index (κ3) is 2.61. The molecule has 3 N–H and O–H groups in total. The molecule has 0 fully saturated rings. The van der Waals surface area contributed by atoms with E-state index in [-0.39, 0.29) is 17.2 Å². The van der Waals surface area contributed by atoms with Crippen molar-refractivity contribution in [2.24, 2.45) is 11.1 Å². The lowest BCUT2D eigenvalue weighted by molar-refractivity contribution is -0.120. The summed E-state index contributed by atoms with van der Waals surface area (Å²) < 4.78 is 0. The zero-order chi connectivity index (χ0) is 16.1. The molecule has 2 aromatic rings. The van der Waals surface area contributed by atoms with Crippen LogP contribution < -0.4 is 5.73 Å². The smallest absolute Gasteiger partial charge is 0.226 e. The van der Waals surface area contributed by atoms with E-state index in [1.54, 1.807) is 12.1 Å². The van der Waals surface area contributed by atoms with E-state index in [2.05, 4.69) is 24.0 Å². The van der Waals surface area contributed by atoms with Crippen molar-refractivity contribution in [2.45, 2.75) is 32.6 Å². The first-order valence-electron chi connectivity index (χ1n) is 7.10. The van der Waals surface area contributed by atoms with E-state index in [9.17, 15) is 4.79 Å². The number of nitrogens with zero attached hydrogens (tertiary/aromatic N) is 1. The summed E-state index contributed by atoms with van der Waals surface area (Å²) in [5, 5.41) is 8.39. The van der Waals surface area contributed by atoms with Crippen molar-refractivity contribution in [2.75, 3.05) is 0 Å². The molecule has 4 nitrogen and oxygen atoms in total. The normalized spacial score (nSPS) is 19.7. The van der Waals surface area contributed by atoms with Gasteiger partial charge in [-0.05, 0) is 30.4 Å². The molecule has 0 saturated heterocycles. The fourth-order valence-electron chi connectivity index (χ4n) is 3.18. The maximum absolute atomic E-state index is 11.8. The monoisotopic (exact) mass is 337 g/mol. The molecule has 1 amide bonds. The summed E-state index contributed by atoms with van der Waals surface area (Å²) in [5.74, 6) is -0.652. The van der Waals surface area contributed by atoms with Gasteiger partial charge < -0.3 is 5.73 Å². The van der Waals surface area contributed by atoms with E-state index < -0.39 is 0 Å². The molecule has 1 aromatic heterocycles. The number of halogens is 2. The Hall–Kier alpha value is -1.52. The summed E-state index contributed by atoms with van der Waals surface area (Å²) in [6.45, 7) is 4.27. The van der Waals surface area contributed by atoms with Crippen molar-refractivity contribution in [1.29, 1.82) is 0 Å². The standard InChI is InChI=1S/C16H17Cl2N3O/c1-16(2)6-9-13(8-3-4-11(17)12(18)5-8)20-21-14(9)10(7-16)15(19)22/h3-5,10H,6-7H2,1-2H3,(H2,19,22)(H,20,21). The predicted molar refractivity (Wildman–Crippen MR) is 88.1 cm³/mol. The van der Waals surface area contributed by atoms with E-state index in [0.29, 0.717) is 10.0 Å². The molecule has 1 aromatic carbocycles. The van der Waals surface area contributed by atoms with Gasteiger partial charge in [-0.3, -0.25) is 9.89 Å². The molecule has 1 aliphatic rings. The Morgan fingerprint density at radius 2 is 2.09 bits per heavy atom. The average Bonchev–Trinajstić information content (AvgIpc) is 2.83. The largest absolute Gasteiger partial charge is 0.369 e. The number of primary amides is 1. The second kappa shape index (κ2) is 5.28. The third-order valence-electron chi connectivity index (χ3n) is 4.20. The lowest BCUT2D eigenvalue weighted by Crippen LogP contribution is -2.33. The number of aromatic amines is 1. The maximum Gasteiger partial charge on any atom is 0.226 e. The lowest BCUT2D eigenvalue weighted by atomic mass is 9.70. The average molecular weight is 338 g/mol. The summed E-state index contributed by atoms with van der Waals surface area (Å²) in [6.07, 6.45) is 1.55. The minimum atomic E-state index is -0.331. The maximum atomic E-state index is 11.8. The number of carbonyl (C=O) groups is 1. The van der Waals surface area contributed by atoms with Gasteiger partial charge in [0.25, 0.3) is 0 Å². The fraction of sp³-hybridized carbons (Fsp3) is 0.375. The van der Waals surface area contributed by atoms with Crippen LogP contribution in [-0.2, 0) is 11.2 Å². The summed E-state index contributed by atoms with van der Waals surface area (Å²) in [5.41, 5.74) is 9.12. The van der Waals surface area contributed by atoms with E-state index in [1.165, 1.54) is 0 Å². The number of benzene rings is 1. The zero-order valence-corrected chi connectivity index (χ0v) is 13.9. The number of aromatic nitrogens is 2. The molecular weight excluding hydrogens is 321 g/mol. The molecule has 1 heterocycles. The Kier molecular flexibility index (Phi) is 3.69. The highest BCUT2D eigenvalue weighted by Gasteiger charge is 2.38. The second-order valence-corrected chi connectivity index (χ2v) is 7.41. The molecule has 6 heteroatoms. The van der Waals surface area contributed by atoms with Crippen molar-refractivity contribution < 1.29 is 4.79 Å². The van der Waals surface area contributed by atoms with Crippen LogP contribution in [0, 0.1) is 5.41 Å². The van der Waals surface area contributed by atoms with Gasteiger partial charge in [0.1, 0.15) is 0 Å². The molecule has 1 aliphatic carbocycles. The summed E-state index contributed by atoms with van der Waals surface area (Å²) in [7, 11) is 0. The Labute approximate surface area is 139 Å². The van der Waals surface area contributed by atoms with Crippen LogP contribution in [-0.4, -0.2) is 16.1 Å². The van der Waals surface area contributed by atoms with Gasteiger partial charge in [0.15, 0.2) is 0 Å². The summed E-state index contributed by atoms with van der Waals surface area (Å²) in [6, 6.07) is 5.42. The first-order valence-corrected chi connectivity index (χ1v) is 7.86. The van der Waals surface area contributed by atoms with Gasteiger partial charge >= 0.3 is 0 Å². The zero-order valence-electron chi connectivity index (χ0n) is 12.4. The quantitative estimate of drug-likeness (QED) is 0.871. The van der Waals surface area contributed by atoms with Gasteiger partial charge in [0.05, 0.1) is 27.4 Å². The number of hydrogen-bond acceptors (Lipinski definition) is 2. The van der Waals surface area contributed by atoms with Gasteiger partial charge in [0, 0.05) is 11.1 Å². The number of amides is 1. The molecule has 116 valence electrons. The van der Waals surface area contributed by atoms with Crippen molar-refractivity contribution >= 4 is 29.1 Å². The van der Waals surface area contributed by atoms with Crippen LogP contribution in [0.1, 0.15) is 37.4 Å². The summed E-state index contributed by atoms with van der Waals surface area (Å²) >= 11 is 12.1. The SMILES string of the molecule is CC1(C)Cc2c(-c3ccc(Cl)c(Cl)c3)n[nH]c2C(C(N)=O)C1. The number of fused-ring (bicyclic) bond motifs is 1. The lowest BCUT2D eigenvalue weighted by Gasteiger charge is -2.33. The van der Waals surface area contributed by atoms with Crippen LogP contribution >= 0.6 is 23.2 Å². The molecule has 0 radical (unpaired) electrons. The number of nitrogens with two attached hydrogens (primary N) is 1. The number of nitrogens with one attached hydrogen (secondary N) is 1. The molecular formula is C16H17Cl2N3O. The van der Waals surface area contributed by atoms with E-state index >= 15 is 0 Å². The number of hydrogen-bond donors (Lipinski definition) is 2. The van der Waals surface area contributed by atoms with Gasteiger partial charge in [-0.25, -0.2) is 0 Å². The topological polar surface area (TPSA) is 71.8 Å². The van der Waals surface area contributed by atoms with Crippen molar-refractivity contribution in [3.63, 3.8) is 0 Å². The van der Waals surface area contributed by atoms with Crippen LogP contribution in [0.2, 0.25) is 10.0 Å². The number of rotatable bonds is 2. The van der Waals surface area contributed by atoms with Crippen LogP contribution in [0.4, 0.5) is 0 Å². The molecule has 1 unspecified atom stereocenters. The first-order chi connectivity index (χ1) is 10.3. The van der Waals surface area contributed by atoms with Crippen LogP contribution in [0.3, 0.4) is 0 Å². The Balaban J connectivity index is 2.13. The van der Waals surface area contributed by atoms with E-state index in [1.807, 2.05) is 6.07 Å². The highest BCUT2D eigenvalue weighted by Crippen LogP contribution is 2.44. The molecule has 0 aliphatic heterocycles. The molecule has 0 saturated carbocycles. The Morgan fingerprint density at radius 1 is 1.36 bits per heavy atom. The number of H-pyrrole nitrogens is 1. The third-order valence-corrected chi connectivity index (χ3v) is 4.94. The van der Waals surface area contributed by atoms with Gasteiger partial charge in [-0.15, -0.1) is 0 Å². The fourth-order valence-corrected chi connectivity index (χ4v) is 3.47. The van der Waals surface area contributed by atoms with Gasteiger partial charge in [-0.1, -0.05) is 43.1 Å². The summed E-state index contributed by atoms with van der Waals surface area (Å²) in [4.78, 5) is 11.8. The minimum absolute atomic E-state index is 0.0124.